The zero-order valence-electron chi connectivity index (χ0n) is 31.1. The summed E-state index contributed by atoms with van der Waals surface area (Å²) in [6, 6.07) is 0. The molecule has 48 heavy (non-hydrogen) atoms. The van der Waals surface area contributed by atoms with Crippen molar-refractivity contribution < 1.29 is 39.8 Å². The van der Waals surface area contributed by atoms with Gasteiger partial charge in [0.05, 0.1) is 37.1 Å². The molecule has 0 bridgehead atoms. The molecule has 7 fully saturated rings. The van der Waals surface area contributed by atoms with Crippen LogP contribution in [0.2, 0.25) is 0 Å². The molecule has 2 aliphatic heterocycles. The summed E-state index contributed by atoms with van der Waals surface area (Å²) >= 11 is 0. The first-order valence-electron chi connectivity index (χ1n) is 19.1. The van der Waals surface area contributed by atoms with Gasteiger partial charge in [0, 0.05) is 14.9 Å². The molecular weight excluding hydrogens is 610 g/mol. The van der Waals surface area contributed by atoms with E-state index in [0.717, 1.165) is 31.6 Å². The summed E-state index contributed by atoms with van der Waals surface area (Å²) in [7, 11) is 0. The molecule has 0 radical (unpaired) electrons. The van der Waals surface area contributed by atoms with Crippen LogP contribution >= 0.6 is 0 Å². The van der Waals surface area contributed by atoms with Crippen LogP contribution in [0.4, 0.5) is 4.79 Å². The largest absolute Gasteiger partial charge is 0.457 e. The van der Waals surface area contributed by atoms with Crippen LogP contribution in [0.15, 0.2) is 0 Å². The fraction of sp³-hybridized carbons (Fsp3) is 0.949. The highest BCUT2D eigenvalue weighted by Gasteiger charge is 2.80. The Bertz CT molecular complexity index is 1280. The van der Waals surface area contributed by atoms with Crippen molar-refractivity contribution in [1.29, 1.82) is 0 Å². The third-order valence-electron chi connectivity index (χ3n) is 14.9. The number of carbonyl (C=O) groups excluding carboxylic acids is 2. The van der Waals surface area contributed by atoms with Crippen molar-refractivity contribution in [2.75, 3.05) is 19.7 Å². The van der Waals surface area contributed by atoms with Crippen LogP contribution in [0.3, 0.4) is 0 Å². The van der Waals surface area contributed by atoms with Crippen molar-refractivity contribution in [3.05, 3.63) is 0 Å². The Morgan fingerprint density at radius 3 is 2.35 bits per heavy atom. The standard InChI is InChI=1S/C39H63NO8.H2/c1-23(41)45-32(36(7,8)43)27-12-10-25-28(46-27)20-26-24-11-13-29-35(5,6)30(14-15-39(29)22-38(24,39)17-16-37(25,26)9)47-31-21-40(18-19-44-31)33(42)48-34(2,3)4;/h24-32,43H,10-22H2,1-9H3;1H/t24?,25?,26?,27?,28?,29?,30-,31?,32-,37+,38-,39+;/m0./s1. The lowest BCUT2D eigenvalue weighted by Crippen LogP contribution is -2.56. The Morgan fingerprint density at radius 2 is 1.67 bits per heavy atom. The number of morpholine rings is 1. The van der Waals surface area contributed by atoms with E-state index in [4.69, 9.17) is 23.7 Å². The van der Waals surface area contributed by atoms with Crippen LogP contribution in [-0.2, 0) is 28.5 Å². The summed E-state index contributed by atoms with van der Waals surface area (Å²) in [5.74, 6) is 2.17. The molecule has 5 aliphatic carbocycles. The number of hydrogen-bond donors (Lipinski definition) is 1. The van der Waals surface area contributed by atoms with Crippen LogP contribution < -0.4 is 0 Å². The molecule has 7 rings (SSSR count). The molecule has 274 valence electrons. The van der Waals surface area contributed by atoms with E-state index < -0.39 is 23.6 Å². The van der Waals surface area contributed by atoms with Gasteiger partial charge in [-0.25, -0.2) is 4.79 Å². The minimum Gasteiger partial charge on any atom is -0.457 e. The smallest absolute Gasteiger partial charge is 0.410 e. The van der Waals surface area contributed by atoms with Crippen molar-refractivity contribution in [2.45, 2.75) is 168 Å². The van der Waals surface area contributed by atoms with E-state index >= 15 is 0 Å². The van der Waals surface area contributed by atoms with Crippen LogP contribution in [0.5, 0.6) is 0 Å². The van der Waals surface area contributed by atoms with Gasteiger partial charge < -0.3 is 33.7 Å². The van der Waals surface area contributed by atoms with Crippen molar-refractivity contribution in [3.8, 4) is 0 Å². The highest BCUT2D eigenvalue weighted by atomic mass is 16.7. The average molecular weight is 676 g/mol. The number of amides is 1. The van der Waals surface area contributed by atoms with Gasteiger partial charge in [0.25, 0.3) is 0 Å². The van der Waals surface area contributed by atoms with E-state index in [2.05, 4.69) is 20.8 Å². The zero-order valence-corrected chi connectivity index (χ0v) is 31.1. The summed E-state index contributed by atoms with van der Waals surface area (Å²) in [6.45, 7) is 19.4. The van der Waals surface area contributed by atoms with E-state index in [-0.39, 0.29) is 42.6 Å². The topological polar surface area (TPSA) is 104 Å². The molecule has 7 unspecified atom stereocenters. The first kappa shape index (κ1) is 35.0. The van der Waals surface area contributed by atoms with Gasteiger partial charge in [0.2, 0.25) is 0 Å². The van der Waals surface area contributed by atoms with Gasteiger partial charge in [-0.3, -0.25) is 4.79 Å². The van der Waals surface area contributed by atoms with Gasteiger partial charge >= 0.3 is 12.1 Å². The number of aliphatic hydroxyl groups is 1. The van der Waals surface area contributed by atoms with E-state index in [1.807, 2.05) is 20.8 Å². The van der Waals surface area contributed by atoms with E-state index in [9.17, 15) is 14.7 Å². The van der Waals surface area contributed by atoms with Crippen LogP contribution in [-0.4, -0.2) is 83.7 Å². The number of ether oxygens (including phenoxy) is 5. The maximum absolute atomic E-state index is 12.8. The zero-order chi connectivity index (χ0) is 34.7. The second-order valence-corrected chi connectivity index (χ2v) is 19.4. The highest BCUT2D eigenvalue weighted by Crippen LogP contribution is 2.87. The molecule has 12 atom stereocenters. The predicted molar refractivity (Wildman–Crippen MR) is 182 cm³/mol. The molecule has 1 amide bonds. The molecule has 0 aromatic heterocycles. The Morgan fingerprint density at radius 1 is 0.938 bits per heavy atom. The van der Waals surface area contributed by atoms with Crippen molar-refractivity contribution in [3.63, 3.8) is 0 Å². The summed E-state index contributed by atoms with van der Waals surface area (Å²) in [5.41, 5.74) is -0.558. The maximum atomic E-state index is 12.8. The molecule has 2 heterocycles. The lowest BCUT2D eigenvalue weighted by Gasteiger charge is -2.60. The molecule has 9 heteroatoms. The number of carbonyl (C=O) groups is 2. The monoisotopic (exact) mass is 675 g/mol. The SMILES string of the molecule is CC(=O)O[C@@H](C1CCC2C(CC3C4CCC5C(C)(C)[C@@H](OC6CN(C(=O)OC(C)(C)C)CCO6)CC[C@@]56C[C@@]46CC[C@]23C)O1)C(C)(C)O.[HH]. The van der Waals surface area contributed by atoms with Crippen molar-refractivity contribution in [1.82, 2.24) is 4.90 Å². The number of nitrogens with zero attached hydrogens (tertiary/aromatic N) is 1. The first-order chi connectivity index (χ1) is 22.3. The van der Waals surface area contributed by atoms with Gasteiger partial charge in [-0.05, 0) is 144 Å². The Labute approximate surface area is 289 Å². The Balaban J connectivity index is 0.00000417. The normalized spacial score (nSPS) is 45.4. The summed E-state index contributed by atoms with van der Waals surface area (Å²) in [6.07, 6.45) is 10.3. The fourth-order valence-corrected chi connectivity index (χ4v) is 12.9. The van der Waals surface area contributed by atoms with Gasteiger partial charge in [0.15, 0.2) is 12.4 Å². The molecule has 0 aromatic rings. The van der Waals surface area contributed by atoms with Crippen LogP contribution in [0.1, 0.15) is 128 Å². The van der Waals surface area contributed by atoms with Crippen LogP contribution in [0, 0.1) is 45.3 Å². The fourth-order valence-electron chi connectivity index (χ4n) is 12.9. The van der Waals surface area contributed by atoms with Gasteiger partial charge in [-0.2, -0.15) is 0 Å². The molecule has 2 saturated heterocycles. The molecule has 5 saturated carbocycles. The molecular formula is C39H65NO8. The summed E-state index contributed by atoms with van der Waals surface area (Å²) < 4.78 is 31.0. The minimum atomic E-state index is -1.16. The van der Waals surface area contributed by atoms with Gasteiger partial charge in [-0.15, -0.1) is 0 Å². The molecule has 9 nitrogen and oxygen atoms in total. The quantitative estimate of drug-likeness (QED) is 0.308. The Hall–Kier alpha value is -1.42. The lowest BCUT2D eigenvalue weighted by atomic mass is 9.46. The Kier molecular flexibility index (Phi) is 8.42. The minimum absolute atomic E-state index is 0. The molecule has 2 spiro atoms. The third kappa shape index (κ3) is 5.54. The number of hydrogen-bond acceptors (Lipinski definition) is 8. The van der Waals surface area contributed by atoms with Gasteiger partial charge in [0.1, 0.15) is 5.60 Å². The van der Waals surface area contributed by atoms with Crippen molar-refractivity contribution >= 4 is 12.1 Å². The maximum Gasteiger partial charge on any atom is 0.410 e. The number of esters is 1. The molecule has 7 aliphatic rings. The first-order valence-corrected chi connectivity index (χ1v) is 19.1. The second kappa shape index (κ2) is 11.5. The van der Waals surface area contributed by atoms with E-state index in [0.29, 0.717) is 48.3 Å². The van der Waals surface area contributed by atoms with Crippen molar-refractivity contribution in [2.24, 2.45) is 45.3 Å². The lowest BCUT2D eigenvalue weighted by molar-refractivity contribution is -0.243. The van der Waals surface area contributed by atoms with Crippen LogP contribution in [0.25, 0.3) is 0 Å². The number of rotatable bonds is 5. The summed E-state index contributed by atoms with van der Waals surface area (Å²) in [5, 5.41) is 10.9. The third-order valence-corrected chi connectivity index (χ3v) is 14.9. The predicted octanol–water partition coefficient (Wildman–Crippen LogP) is 7.12. The average Bonchev–Trinajstić information content (AvgIpc) is 3.56. The van der Waals surface area contributed by atoms with Gasteiger partial charge in [-0.1, -0.05) is 20.8 Å². The summed E-state index contributed by atoms with van der Waals surface area (Å²) in [4.78, 5) is 26.5. The van der Waals surface area contributed by atoms with E-state index in [1.54, 1.807) is 18.7 Å². The van der Waals surface area contributed by atoms with E-state index in [1.165, 1.54) is 45.4 Å². The molecule has 0 aromatic carbocycles. The molecule has 1 N–H and O–H groups in total. The number of fused-ring (bicyclic) bond motifs is 4. The highest BCUT2D eigenvalue weighted by molar-refractivity contribution is 5.68. The second-order valence-electron chi connectivity index (χ2n) is 19.4.